The molecule has 1 aliphatic rings. The average Bonchev–Trinajstić information content (AvgIpc) is 2.29. The highest BCUT2D eigenvalue weighted by Gasteiger charge is 2.21. The molecule has 0 atom stereocenters. The fraction of sp³-hybridized carbons (Fsp3) is 0.143. The van der Waals surface area contributed by atoms with Crippen molar-refractivity contribution in [1.29, 1.82) is 0 Å². The van der Waals surface area contributed by atoms with E-state index < -0.39 is 0 Å². The summed E-state index contributed by atoms with van der Waals surface area (Å²) in [6, 6.07) is 0. The van der Waals surface area contributed by atoms with Crippen molar-refractivity contribution in [3.8, 4) is 0 Å². The SMILES string of the molecule is C=C1NC(=O)c2[nH]c(C)nc2N1. The lowest BCUT2D eigenvalue weighted by atomic mass is 10.3. The fourth-order valence-electron chi connectivity index (χ4n) is 1.12. The molecule has 0 aromatic carbocycles. The summed E-state index contributed by atoms with van der Waals surface area (Å²) in [5.41, 5.74) is 0.458. The van der Waals surface area contributed by atoms with Gasteiger partial charge in [0.1, 0.15) is 17.3 Å². The Kier molecular flexibility index (Phi) is 1.21. The van der Waals surface area contributed by atoms with Crippen LogP contribution < -0.4 is 10.6 Å². The maximum atomic E-state index is 11.2. The van der Waals surface area contributed by atoms with Crippen LogP contribution in [-0.4, -0.2) is 15.9 Å². The van der Waals surface area contributed by atoms with Crippen molar-refractivity contribution in [3.05, 3.63) is 23.9 Å². The van der Waals surface area contributed by atoms with E-state index in [0.29, 0.717) is 23.2 Å². The number of fused-ring (bicyclic) bond motifs is 1. The first-order valence-electron chi connectivity index (χ1n) is 3.50. The van der Waals surface area contributed by atoms with Gasteiger partial charge in [-0.3, -0.25) is 4.79 Å². The molecule has 3 N–H and O–H groups in total. The number of hydrogen-bond acceptors (Lipinski definition) is 3. The van der Waals surface area contributed by atoms with Gasteiger partial charge in [0.2, 0.25) is 0 Å². The van der Waals surface area contributed by atoms with Gasteiger partial charge in [-0.25, -0.2) is 4.98 Å². The van der Waals surface area contributed by atoms with Gasteiger partial charge in [0, 0.05) is 0 Å². The van der Waals surface area contributed by atoms with Gasteiger partial charge < -0.3 is 15.6 Å². The molecule has 0 aliphatic carbocycles. The van der Waals surface area contributed by atoms with E-state index in [4.69, 9.17) is 0 Å². The van der Waals surface area contributed by atoms with Gasteiger partial charge in [0.15, 0.2) is 5.82 Å². The van der Waals surface area contributed by atoms with Gasteiger partial charge in [0.25, 0.3) is 5.91 Å². The van der Waals surface area contributed by atoms with Gasteiger partial charge >= 0.3 is 0 Å². The molecule has 2 heterocycles. The summed E-state index contributed by atoms with van der Waals surface area (Å²) >= 11 is 0. The molecule has 1 amide bonds. The minimum atomic E-state index is -0.200. The molecule has 12 heavy (non-hydrogen) atoms. The lowest BCUT2D eigenvalue weighted by molar-refractivity contribution is 0.0959. The summed E-state index contributed by atoms with van der Waals surface area (Å²) in [4.78, 5) is 18.1. The maximum absolute atomic E-state index is 11.2. The zero-order chi connectivity index (χ0) is 8.72. The van der Waals surface area contributed by atoms with E-state index in [1.807, 2.05) is 0 Å². The number of amides is 1. The van der Waals surface area contributed by atoms with Gasteiger partial charge in [-0.05, 0) is 6.92 Å². The van der Waals surface area contributed by atoms with Crippen molar-refractivity contribution >= 4 is 11.7 Å². The number of aryl methyl sites for hydroxylation is 1. The largest absolute Gasteiger partial charge is 0.336 e. The van der Waals surface area contributed by atoms with Crippen LogP contribution in [0, 0.1) is 6.92 Å². The molecule has 0 bridgehead atoms. The predicted molar refractivity (Wildman–Crippen MR) is 43.6 cm³/mol. The summed E-state index contributed by atoms with van der Waals surface area (Å²) in [6.45, 7) is 5.36. The van der Waals surface area contributed by atoms with Crippen LogP contribution in [-0.2, 0) is 0 Å². The minimum absolute atomic E-state index is 0.200. The van der Waals surface area contributed by atoms with Crippen LogP contribution in [0.1, 0.15) is 16.3 Å². The second kappa shape index (κ2) is 2.10. The van der Waals surface area contributed by atoms with Crippen LogP contribution in [0.5, 0.6) is 0 Å². The average molecular weight is 164 g/mol. The molecule has 1 aromatic heterocycles. The molecule has 0 saturated carbocycles. The van der Waals surface area contributed by atoms with Crippen LogP contribution in [0.15, 0.2) is 12.4 Å². The molecule has 0 spiro atoms. The molecule has 1 aromatic rings. The zero-order valence-corrected chi connectivity index (χ0v) is 6.56. The number of carbonyl (C=O) groups excluding carboxylic acids is 1. The molecule has 0 fully saturated rings. The highest BCUT2D eigenvalue weighted by molar-refractivity contribution is 6.00. The molecule has 0 unspecified atom stereocenters. The molecule has 62 valence electrons. The summed E-state index contributed by atoms with van der Waals surface area (Å²) < 4.78 is 0. The van der Waals surface area contributed by atoms with Crippen molar-refractivity contribution in [2.45, 2.75) is 6.92 Å². The standard InChI is InChI=1S/C7H8N4O/c1-3-8-5-6(9-3)10-4(2)11-7(5)12/h10H,2H2,1H3,(H,8,9)(H,11,12). The van der Waals surface area contributed by atoms with Gasteiger partial charge in [-0.1, -0.05) is 6.58 Å². The molecule has 0 saturated heterocycles. The maximum Gasteiger partial charge on any atom is 0.277 e. The van der Waals surface area contributed by atoms with Crippen LogP contribution in [0.4, 0.5) is 5.82 Å². The molecular weight excluding hydrogens is 156 g/mol. The van der Waals surface area contributed by atoms with Crippen molar-refractivity contribution in [2.24, 2.45) is 0 Å². The number of hydrogen-bond donors (Lipinski definition) is 3. The van der Waals surface area contributed by atoms with E-state index in [9.17, 15) is 4.79 Å². The first-order valence-corrected chi connectivity index (χ1v) is 3.50. The van der Waals surface area contributed by atoms with Crippen LogP contribution in [0.2, 0.25) is 0 Å². The molecule has 1 aliphatic heterocycles. The number of nitrogens with one attached hydrogen (secondary N) is 3. The number of aromatic nitrogens is 2. The molecular formula is C7H8N4O. The monoisotopic (exact) mass is 164 g/mol. The Labute approximate surface area is 68.9 Å². The second-order valence-corrected chi connectivity index (χ2v) is 2.60. The number of imidazole rings is 1. The van der Waals surface area contributed by atoms with Crippen molar-refractivity contribution in [1.82, 2.24) is 15.3 Å². The van der Waals surface area contributed by atoms with Gasteiger partial charge in [0.05, 0.1) is 0 Å². The Balaban J connectivity index is 2.53. The Morgan fingerprint density at radius 3 is 2.92 bits per heavy atom. The van der Waals surface area contributed by atoms with Crippen molar-refractivity contribution in [2.75, 3.05) is 5.32 Å². The highest BCUT2D eigenvalue weighted by atomic mass is 16.2. The smallest absolute Gasteiger partial charge is 0.277 e. The van der Waals surface area contributed by atoms with E-state index in [2.05, 4.69) is 27.2 Å². The third-order valence-corrected chi connectivity index (χ3v) is 1.58. The van der Waals surface area contributed by atoms with E-state index in [0.717, 1.165) is 0 Å². The predicted octanol–water partition coefficient (Wildman–Crippen LogP) is 0.345. The Morgan fingerprint density at radius 2 is 2.17 bits per heavy atom. The first kappa shape index (κ1) is 6.90. The van der Waals surface area contributed by atoms with Crippen LogP contribution in [0.25, 0.3) is 0 Å². The van der Waals surface area contributed by atoms with Crippen LogP contribution in [0.3, 0.4) is 0 Å². The lowest BCUT2D eigenvalue weighted by Crippen LogP contribution is -2.32. The summed E-state index contributed by atoms with van der Waals surface area (Å²) in [7, 11) is 0. The van der Waals surface area contributed by atoms with Crippen molar-refractivity contribution in [3.63, 3.8) is 0 Å². The molecule has 5 nitrogen and oxygen atoms in total. The van der Waals surface area contributed by atoms with E-state index in [1.54, 1.807) is 6.92 Å². The van der Waals surface area contributed by atoms with Crippen LogP contribution >= 0.6 is 0 Å². The number of aromatic amines is 1. The fourth-order valence-corrected chi connectivity index (χ4v) is 1.12. The van der Waals surface area contributed by atoms with Gasteiger partial charge in [-0.15, -0.1) is 0 Å². The molecule has 5 heteroatoms. The third kappa shape index (κ3) is 0.868. The summed E-state index contributed by atoms with van der Waals surface area (Å²) in [5, 5.41) is 5.38. The topological polar surface area (TPSA) is 69.8 Å². The zero-order valence-electron chi connectivity index (χ0n) is 6.56. The molecule has 0 radical (unpaired) electrons. The number of nitrogens with zero attached hydrogens (tertiary/aromatic N) is 1. The molecule has 2 rings (SSSR count). The Morgan fingerprint density at radius 1 is 1.42 bits per heavy atom. The summed E-state index contributed by atoms with van der Waals surface area (Å²) in [6.07, 6.45) is 0. The first-order chi connectivity index (χ1) is 5.66. The highest BCUT2D eigenvalue weighted by Crippen LogP contribution is 2.17. The Bertz CT molecular complexity index is 365. The van der Waals surface area contributed by atoms with E-state index >= 15 is 0 Å². The van der Waals surface area contributed by atoms with E-state index in [-0.39, 0.29) is 5.91 Å². The number of rotatable bonds is 0. The minimum Gasteiger partial charge on any atom is -0.336 e. The number of carbonyl (C=O) groups is 1. The van der Waals surface area contributed by atoms with E-state index in [1.165, 1.54) is 0 Å². The second-order valence-electron chi connectivity index (χ2n) is 2.60. The van der Waals surface area contributed by atoms with Gasteiger partial charge in [-0.2, -0.15) is 0 Å². The number of anilines is 1. The Hall–Kier alpha value is -1.78. The number of H-pyrrole nitrogens is 1. The lowest BCUT2D eigenvalue weighted by Gasteiger charge is -2.14. The normalized spacial score (nSPS) is 15.1. The van der Waals surface area contributed by atoms with Crippen molar-refractivity contribution < 1.29 is 4.79 Å². The third-order valence-electron chi connectivity index (χ3n) is 1.58. The summed E-state index contributed by atoms with van der Waals surface area (Å²) in [5.74, 6) is 1.51. The quantitative estimate of drug-likeness (QED) is 0.518.